The molecule has 38 heavy (non-hydrogen) atoms. The Morgan fingerprint density at radius 3 is 2.37 bits per heavy atom. The van der Waals surface area contributed by atoms with Gasteiger partial charge in [0.25, 0.3) is 11.5 Å². The van der Waals surface area contributed by atoms with Crippen LogP contribution in [0.3, 0.4) is 0 Å². The first kappa shape index (κ1) is 27.1. The van der Waals surface area contributed by atoms with Crippen molar-refractivity contribution in [3.63, 3.8) is 0 Å². The van der Waals surface area contributed by atoms with E-state index >= 15 is 0 Å². The van der Waals surface area contributed by atoms with Gasteiger partial charge in [0, 0.05) is 17.7 Å². The summed E-state index contributed by atoms with van der Waals surface area (Å²) in [4.78, 5) is 43.7. The van der Waals surface area contributed by atoms with Gasteiger partial charge in [0.2, 0.25) is 0 Å². The van der Waals surface area contributed by atoms with Crippen LogP contribution in [0.2, 0.25) is 0 Å². The molecule has 0 saturated heterocycles. The van der Waals surface area contributed by atoms with Crippen molar-refractivity contribution in [1.29, 1.82) is 0 Å². The van der Waals surface area contributed by atoms with Crippen molar-refractivity contribution in [2.24, 2.45) is 5.92 Å². The Hall–Kier alpha value is -3.98. The second kappa shape index (κ2) is 12.0. The molecule has 196 valence electrons. The fraction of sp³-hybridized carbons (Fsp3) is 0.241. The van der Waals surface area contributed by atoms with E-state index in [1.807, 2.05) is 20.8 Å². The molecule has 4 aromatic rings. The topological polar surface area (TPSA) is 90.3 Å². The number of halogens is 1. The first-order valence-electron chi connectivity index (χ1n) is 12.3. The smallest absolute Gasteiger partial charge is 0.266 e. The van der Waals surface area contributed by atoms with Crippen LogP contribution in [-0.4, -0.2) is 40.1 Å². The Morgan fingerprint density at radius 2 is 1.71 bits per heavy atom. The first-order valence-corrected chi connectivity index (χ1v) is 13.2. The third-order valence-electron chi connectivity index (χ3n) is 5.68. The molecule has 9 heteroatoms. The van der Waals surface area contributed by atoms with E-state index < -0.39 is 5.82 Å². The van der Waals surface area contributed by atoms with Crippen molar-refractivity contribution < 1.29 is 18.7 Å². The van der Waals surface area contributed by atoms with Gasteiger partial charge in [-0.1, -0.05) is 25.6 Å². The number of hydrogen-bond acceptors (Lipinski definition) is 6. The minimum Gasteiger partial charge on any atom is -0.494 e. The highest BCUT2D eigenvalue weighted by atomic mass is 32.2. The SMILES string of the molecule is CCOc1ccc(C(=O)CSc2nc3cc(C(=O)NCC(C)C)ccc3c(=O)n2-c2ccc(F)cc2)cc1. The number of fused-ring (bicyclic) bond motifs is 1. The molecule has 1 heterocycles. The third-order valence-corrected chi connectivity index (χ3v) is 6.61. The molecule has 0 spiro atoms. The molecule has 4 rings (SSSR count). The number of carbonyl (C=O) groups excluding carboxylic acids is 2. The number of benzene rings is 3. The van der Waals surface area contributed by atoms with E-state index in [0.717, 1.165) is 11.8 Å². The number of thioether (sulfide) groups is 1. The highest BCUT2D eigenvalue weighted by Gasteiger charge is 2.17. The van der Waals surface area contributed by atoms with Gasteiger partial charge >= 0.3 is 0 Å². The number of nitrogens with one attached hydrogen (secondary N) is 1. The second-order valence-corrected chi connectivity index (χ2v) is 9.96. The second-order valence-electron chi connectivity index (χ2n) is 9.02. The Balaban J connectivity index is 1.70. The van der Waals surface area contributed by atoms with Crippen LogP contribution in [-0.2, 0) is 0 Å². The highest BCUT2D eigenvalue weighted by Crippen LogP contribution is 2.24. The fourth-order valence-electron chi connectivity index (χ4n) is 3.74. The molecule has 0 saturated carbocycles. The number of amides is 1. The number of rotatable bonds is 10. The van der Waals surface area contributed by atoms with Gasteiger partial charge in [-0.3, -0.25) is 19.0 Å². The number of aromatic nitrogens is 2. The maximum Gasteiger partial charge on any atom is 0.266 e. The lowest BCUT2D eigenvalue weighted by atomic mass is 10.1. The monoisotopic (exact) mass is 533 g/mol. The van der Waals surface area contributed by atoms with E-state index in [0.29, 0.717) is 46.6 Å². The predicted molar refractivity (Wildman–Crippen MR) is 147 cm³/mol. The van der Waals surface area contributed by atoms with Gasteiger partial charge in [-0.2, -0.15) is 0 Å². The summed E-state index contributed by atoms with van der Waals surface area (Å²) in [5, 5.41) is 3.42. The summed E-state index contributed by atoms with van der Waals surface area (Å²) in [7, 11) is 0. The van der Waals surface area contributed by atoms with E-state index in [1.54, 1.807) is 42.5 Å². The number of nitrogens with zero attached hydrogens (tertiary/aromatic N) is 2. The fourth-order valence-corrected chi connectivity index (χ4v) is 4.64. The molecule has 1 aromatic heterocycles. The molecule has 7 nitrogen and oxygen atoms in total. The standard InChI is InChI=1S/C29H28FN3O4S/c1-4-37-23-12-5-19(6-13-23)26(34)17-38-29-32-25-15-20(27(35)31-16-18(2)3)7-14-24(25)28(36)33(29)22-10-8-21(30)9-11-22/h5-15,18H,4,16-17H2,1-3H3,(H,31,35). The van der Waals surface area contributed by atoms with Crippen LogP contribution in [0.15, 0.2) is 76.7 Å². The summed E-state index contributed by atoms with van der Waals surface area (Å²) in [6.45, 7) is 6.93. The zero-order chi connectivity index (χ0) is 27.2. The number of Topliss-reactive ketones (excluding diaryl/α,β-unsaturated/α-hetero) is 1. The van der Waals surface area contributed by atoms with E-state index in [1.165, 1.54) is 28.8 Å². The summed E-state index contributed by atoms with van der Waals surface area (Å²) in [6.07, 6.45) is 0. The Bertz CT molecular complexity index is 1520. The van der Waals surface area contributed by atoms with Crippen LogP contribution in [0.25, 0.3) is 16.6 Å². The lowest BCUT2D eigenvalue weighted by Gasteiger charge is -2.14. The van der Waals surface area contributed by atoms with Gasteiger partial charge in [-0.25, -0.2) is 9.37 Å². The van der Waals surface area contributed by atoms with Crippen molar-refractivity contribution in [2.45, 2.75) is 25.9 Å². The molecule has 1 amide bonds. The van der Waals surface area contributed by atoms with Crippen LogP contribution in [0, 0.1) is 11.7 Å². The Morgan fingerprint density at radius 1 is 1.03 bits per heavy atom. The lowest BCUT2D eigenvalue weighted by molar-refractivity contribution is 0.0948. The van der Waals surface area contributed by atoms with E-state index in [4.69, 9.17) is 4.74 Å². The number of carbonyl (C=O) groups is 2. The number of ether oxygens (including phenoxy) is 1. The average molecular weight is 534 g/mol. The van der Waals surface area contributed by atoms with Gasteiger partial charge in [-0.15, -0.1) is 0 Å². The lowest BCUT2D eigenvalue weighted by Crippen LogP contribution is -2.27. The maximum absolute atomic E-state index is 13.6. The van der Waals surface area contributed by atoms with E-state index in [2.05, 4.69) is 10.3 Å². The van der Waals surface area contributed by atoms with Crippen molar-refractivity contribution in [3.8, 4) is 11.4 Å². The predicted octanol–water partition coefficient (Wildman–Crippen LogP) is 5.28. The van der Waals surface area contributed by atoms with Crippen LogP contribution in [0.5, 0.6) is 5.75 Å². The summed E-state index contributed by atoms with van der Waals surface area (Å²) in [6, 6.07) is 17.0. The van der Waals surface area contributed by atoms with Crippen molar-refractivity contribution >= 4 is 34.4 Å². The van der Waals surface area contributed by atoms with E-state index in [-0.39, 0.29) is 34.1 Å². The molecule has 0 aliphatic carbocycles. The normalized spacial score (nSPS) is 11.1. The molecule has 0 fully saturated rings. The Labute approximate surface area is 224 Å². The number of hydrogen-bond donors (Lipinski definition) is 1. The van der Waals surface area contributed by atoms with Crippen molar-refractivity contribution in [2.75, 3.05) is 18.9 Å². The molecule has 0 aliphatic rings. The molecule has 0 aliphatic heterocycles. The van der Waals surface area contributed by atoms with Gasteiger partial charge in [0.15, 0.2) is 10.9 Å². The molecule has 0 unspecified atom stereocenters. The largest absolute Gasteiger partial charge is 0.494 e. The molecule has 0 atom stereocenters. The van der Waals surface area contributed by atoms with Crippen molar-refractivity contribution in [1.82, 2.24) is 14.9 Å². The van der Waals surface area contributed by atoms with Gasteiger partial charge < -0.3 is 10.1 Å². The Kier molecular flexibility index (Phi) is 8.58. The van der Waals surface area contributed by atoms with E-state index in [9.17, 15) is 18.8 Å². The third kappa shape index (κ3) is 6.28. The van der Waals surface area contributed by atoms with Crippen LogP contribution in [0.1, 0.15) is 41.5 Å². The summed E-state index contributed by atoms with van der Waals surface area (Å²) >= 11 is 1.10. The minimum atomic E-state index is -0.438. The summed E-state index contributed by atoms with van der Waals surface area (Å²) in [5.41, 5.74) is 1.25. The summed E-state index contributed by atoms with van der Waals surface area (Å²) < 4.78 is 20.4. The summed E-state index contributed by atoms with van der Waals surface area (Å²) in [5.74, 6) is 0.127. The first-order chi connectivity index (χ1) is 18.3. The average Bonchev–Trinajstić information content (AvgIpc) is 2.91. The maximum atomic E-state index is 13.6. The zero-order valence-electron chi connectivity index (χ0n) is 21.4. The van der Waals surface area contributed by atoms with Crippen LogP contribution >= 0.6 is 11.8 Å². The molecular formula is C29H28FN3O4S. The van der Waals surface area contributed by atoms with Gasteiger partial charge in [-0.05, 0) is 79.6 Å². The highest BCUT2D eigenvalue weighted by molar-refractivity contribution is 7.99. The molecule has 3 aromatic carbocycles. The van der Waals surface area contributed by atoms with Gasteiger partial charge in [0.1, 0.15) is 11.6 Å². The molecule has 0 bridgehead atoms. The minimum absolute atomic E-state index is 0.0156. The zero-order valence-corrected chi connectivity index (χ0v) is 22.2. The van der Waals surface area contributed by atoms with Crippen molar-refractivity contribution in [3.05, 3.63) is 94.0 Å². The molecule has 0 radical (unpaired) electrons. The molecular weight excluding hydrogens is 505 g/mol. The molecule has 1 N–H and O–H groups in total. The number of ketones is 1. The van der Waals surface area contributed by atoms with Gasteiger partial charge in [0.05, 0.1) is 29.0 Å². The van der Waals surface area contributed by atoms with Crippen LogP contribution in [0.4, 0.5) is 4.39 Å². The van der Waals surface area contributed by atoms with Crippen LogP contribution < -0.4 is 15.6 Å². The quantitative estimate of drug-likeness (QED) is 0.169.